The molecular formula is C18H22NO5P. The van der Waals surface area contributed by atoms with Crippen LogP contribution in [0.4, 0.5) is 0 Å². The molecule has 2 rings (SSSR count). The molecule has 7 heteroatoms. The molecule has 0 aromatic heterocycles. The average Bonchev–Trinajstić information content (AvgIpc) is 2.58. The van der Waals surface area contributed by atoms with Gasteiger partial charge in [0.25, 0.3) is 0 Å². The standard InChI is InChI=1S/C18H22NO5P/c1-15(20)19(24-14-16-8-4-2-5-9-16)13-12-18(25(21,22)23)17-10-6-3-7-11-17/h2-11,18H,12-14H2,1H3,(H2,21,22,23). The number of hydrogen-bond acceptors (Lipinski definition) is 3. The Bertz CT molecular complexity index is 717. The molecular weight excluding hydrogens is 341 g/mol. The summed E-state index contributed by atoms with van der Waals surface area (Å²) in [6.45, 7) is 1.67. The SMILES string of the molecule is CC(=O)N(CCC(c1ccccc1)P(=O)(O)O)OCc1ccccc1. The lowest BCUT2D eigenvalue weighted by atomic mass is 10.1. The maximum atomic E-state index is 11.8. The summed E-state index contributed by atoms with van der Waals surface area (Å²) >= 11 is 0. The molecule has 1 unspecified atom stereocenters. The quantitative estimate of drug-likeness (QED) is 0.555. The topological polar surface area (TPSA) is 87.1 Å². The van der Waals surface area contributed by atoms with Gasteiger partial charge in [-0.3, -0.25) is 14.2 Å². The highest BCUT2D eigenvalue weighted by molar-refractivity contribution is 7.52. The Balaban J connectivity index is 2.02. The highest BCUT2D eigenvalue weighted by Gasteiger charge is 2.31. The molecule has 0 radical (unpaired) electrons. The van der Waals surface area contributed by atoms with Gasteiger partial charge in [0.05, 0.1) is 5.66 Å². The van der Waals surface area contributed by atoms with Crippen LogP contribution in [0.5, 0.6) is 0 Å². The number of carbonyl (C=O) groups is 1. The van der Waals surface area contributed by atoms with Gasteiger partial charge in [-0.1, -0.05) is 60.7 Å². The van der Waals surface area contributed by atoms with Crippen LogP contribution in [0.25, 0.3) is 0 Å². The zero-order valence-electron chi connectivity index (χ0n) is 14.0. The molecule has 2 aromatic carbocycles. The van der Waals surface area contributed by atoms with Crippen molar-refractivity contribution in [2.75, 3.05) is 6.54 Å². The Morgan fingerprint density at radius 3 is 2.16 bits per heavy atom. The number of hydrogen-bond donors (Lipinski definition) is 2. The van der Waals surface area contributed by atoms with Gasteiger partial charge in [0.2, 0.25) is 5.91 Å². The fourth-order valence-electron chi connectivity index (χ4n) is 2.48. The largest absolute Gasteiger partial charge is 0.333 e. The summed E-state index contributed by atoms with van der Waals surface area (Å²) in [6, 6.07) is 18.0. The van der Waals surface area contributed by atoms with Crippen molar-refractivity contribution in [1.82, 2.24) is 5.06 Å². The summed E-state index contributed by atoms with van der Waals surface area (Å²) in [6.07, 6.45) is 0.0999. The van der Waals surface area contributed by atoms with E-state index in [4.69, 9.17) is 4.84 Å². The molecule has 1 atom stereocenters. The summed E-state index contributed by atoms with van der Waals surface area (Å²) in [5, 5.41) is 1.15. The van der Waals surface area contributed by atoms with Crippen molar-refractivity contribution in [2.45, 2.75) is 25.6 Å². The predicted molar refractivity (Wildman–Crippen MR) is 94.5 cm³/mol. The van der Waals surface area contributed by atoms with E-state index in [0.29, 0.717) is 5.56 Å². The third kappa shape index (κ3) is 6.11. The lowest BCUT2D eigenvalue weighted by molar-refractivity contribution is -0.189. The predicted octanol–water partition coefficient (Wildman–Crippen LogP) is 3.28. The van der Waals surface area contributed by atoms with Crippen molar-refractivity contribution < 1.29 is 24.0 Å². The van der Waals surface area contributed by atoms with Crippen molar-refractivity contribution in [2.24, 2.45) is 0 Å². The van der Waals surface area contributed by atoms with Crippen LogP contribution in [0.15, 0.2) is 60.7 Å². The van der Waals surface area contributed by atoms with Crippen LogP contribution in [0.1, 0.15) is 30.1 Å². The lowest BCUT2D eigenvalue weighted by Gasteiger charge is -2.24. The van der Waals surface area contributed by atoms with Crippen molar-refractivity contribution in [3.05, 3.63) is 71.8 Å². The van der Waals surface area contributed by atoms with Crippen molar-refractivity contribution >= 4 is 13.5 Å². The number of rotatable bonds is 8. The Morgan fingerprint density at radius 2 is 1.64 bits per heavy atom. The molecule has 0 saturated carbocycles. The van der Waals surface area contributed by atoms with Gasteiger partial charge >= 0.3 is 7.60 Å². The highest BCUT2D eigenvalue weighted by atomic mass is 31.2. The summed E-state index contributed by atoms with van der Waals surface area (Å²) in [4.78, 5) is 36.6. The van der Waals surface area contributed by atoms with Crippen LogP contribution < -0.4 is 0 Å². The summed E-state index contributed by atoms with van der Waals surface area (Å²) < 4.78 is 11.8. The maximum Gasteiger partial charge on any atom is 0.333 e. The van der Waals surface area contributed by atoms with Gasteiger partial charge in [-0.05, 0) is 17.5 Å². The molecule has 0 aliphatic rings. The molecule has 6 nitrogen and oxygen atoms in total. The zero-order valence-corrected chi connectivity index (χ0v) is 14.9. The monoisotopic (exact) mass is 363 g/mol. The Labute approximate surface area is 147 Å². The molecule has 2 aromatic rings. The molecule has 0 spiro atoms. The van der Waals surface area contributed by atoms with Gasteiger partial charge in [-0.2, -0.15) is 0 Å². The van der Waals surface area contributed by atoms with Crippen LogP contribution in [-0.2, 0) is 20.8 Å². The molecule has 0 aliphatic carbocycles. The molecule has 0 bridgehead atoms. The van der Waals surface area contributed by atoms with Crippen LogP contribution in [0, 0.1) is 0 Å². The van der Waals surface area contributed by atoms with Gasteiger partial charge in [0.1, 0.15) is 6.61 Å². The molecule has 0 saturated heterocycles. The van der Waals surface area contributed by atoms with E-state index >= 15 is 0 Å². The molecule has 0 heterocycles. The van der Waals surface area contributed by atoms with E-state index in [1.54, 1.807) is 30.3 Å². The normalized spacial score (nSPS) is 12.6. The highest BCUT2D eigenvalue weighted by Crippen LogP contribution is 2.53. The average molecular weight is 363 g/mol. The van der Waals surface area contributed by atoms with Gasteiger partial charge < -0.3 is 9.79 Å². The Hall–Kier alpha value is -1.98. The molecule has 0 aliphatic heterocycles. The van der Waals surface area contributed by atoms with Gasteiger partial charge in [-0.25, -0.2) is 5.06 Å². The second-order valence-corrected chi connectivity index (χ2v) is 7.49. The third-order valence-electron chi connectivity index (χ3n) is 3.78. The minimum absolute atomic E-state index is 0.0901. The summed E-state index contributed by atoms with van der Waals surface area (Å²) in [7, 11) is -4.35. The van der Waals surface area contributed by atoms with E-state index in [9.17, 15) is 19.1 Å². The lowest BCUT2D eigenvalue weighted by Crippen LogP contribution is -2.30. The molecule has 134 valence electrons. The van der Waals surface area contributed by atoms with E-state index in [2.05, 4.69) is 0 Å². The minimum atomic E-state index is -4.35. The first kappa shape index (κ1) is 19.3. The first-order valence-electron chi connectivity index (χ1n) is 7.93. The van der Waals surface area contributed by atoms with Crippen LogP contribution in [0.3, 0.4) is 0 Å². The van der Waals surface area contributed by atoms with Crippen molar-refractivity contribution in [3.8, 4) is 0 Å². The van der Waals surface area contributed by atoms with Gasteiger partial charge in [-0.15, -0.1) is 0 Å². The van der Waals surface area contributed by atoms with E-state index in [0.717, 1.165) is 10.6 Å². The fourth-order valence-corrected chi connectivity index (χ4v) is 3.50. The van der Waals surface area contributed by atoms with Crippen molar-refractivity contribution in [3.63, 3.8) is 0 Å². The fraction of sp³-hybridized carbons (Fsp3) is 0.278. The second-order valence-electron chi connectivity index (χ2n) is 5.68. The summed E-state index contributed by atoms with van der Waals surface area (Å²) in [5.41, 5.74) is 0.474. The van der Waals surface area contributed by atoms with Crippen LogP contribution >= 0.6 is 7.60 Å². The number of carbonyl (C=O) groups excluding carboxylic acids is 1. The Morgan fingerprint density at radius 1 is 1.08 bits per heavy atom. The van der Waals surface area contributed by atoms with E-state index in [-0.39, 0.29) is 25.5 Å². The number of nitrogens with zero attached hydrogens (tertiary/aromatic N) is 1. The Kier molecular flexibility index (Phi) is 6.91. The first-order valence-corrected chi connectivity index (χ1v) is 9.61. The molecule has 0 fully saturated rings. The maximum absolute atomic E-state index is 11.8. The smallest absolute Gasteiger partial charge is 0.324 e. The van der Waals surface area contributed by atoms with E-state index in [1.807, 2.05) is 30.3 Å². The number of amides is 1. The minimum Gasteiger partial charge on any atom is -0.324 e. The summed E-state index contributed by atoms with van der Waals surface area (Å²) in [5.74, 6) is -0.312. The third-order valence-corrected chi connectivity index (χ3v) is 5.15. The van der Waals surface area contributed by atoms with E-state index < -0.39 is 13.3 Å². The molecule has 2 N–H and O–H groups in total. The van der Waals surface area contributed by atoms with Crippen LogP contribution in [-0.4, -0.2) is 27.3 Å². The number of hydroxylamine groups is 2. The van der Waals surface area contributed by atoms with Crippen molar-refractivity contribution in [1.29, 1.82) is 0 Å². The zero-order chi connectivity index (χ0) is 18.3. The second kappa shape index (κ2) is 8.92. The van der Waals surface area contributed by atoms with E-state index in [1.165, 1.54) is 6.92 Å². The van der Waals surface area contributed by atoms with Crippen LogP contribution in [0.2, 0.25) is 0 Å². The molecule has 1 amide bonds. The first-order chi connectivity index (χ1) is 11.9. The number of benzene rings is 2. The van der Waals surface area contributed by atoms with Gasteiger partial charge in [0, 0.05) is 13.5 Å². The molecule has 25 heavy (non-hydrogen) atoms. The van der Waals surface area contributed by atoms with Gasteiger partial charge in [0.15, 0.2) is 0 Å².